The smallest absolute Gasteiger partial charge is 0.0313 e. The molecule has 1 heteroatoms. The molecule has 3 rings (SSSR count). The standard InChI is InChI=1S/C18H31N/c1-2-19-18(14-10-6-4-3-5-7-11-14)17-15-12-8-9-13-16(15)17/h10,15-19H,2-9,11-13H2,1H3. The molecule has 0 saturated heterocycles. The zero-order valence-electron chi connectivity index (χ0n) is 12.7. The maximum Gasteiger partial charge on any atom is 0.0313 e. The van der Waals surface area contributed by atoms with Crippen molar-refractivity contribution in [2.75, 3.05) is 6.54 Å². The van der Waals surface area contributed by atoms with Crippen LogP contribution in [0.5, 0.6) is 0 Å². The molecule has 3 aliphatic rings. The molecule has 0 radical (unpaired) electrons. The normalized spacial score (nSPS) is 36.7. The third kappa shape index (κ3) is 3.07. The van der Waals surface area contributed by atoms with E-state index in [4.69, 9.17) is 0 Å². The summed E-state index contributed by atoms with van der Waals surface area (Å²) >= 11 is 0. The Labute approximate surface area is 119 Å². The minimum absolute atomic E-state index is 0.733. The molecular formula is C18H31N. The zero-order valence-corrected chi connectivity index (χ0v) is 12.7. The molecule has 0 aromatic heterocycles. The SMILES string of the molecule is CCNC(C1=CCCCCCC1)C1C2CCCCC21. The maximum absolute atomic E-state index is 3.85. The fourth-order valence-electron chi connectivity index (χ4n) is 4.78. The lowest BCUT2D eigenvalue weighted by molar-refractivity contribution is 0.466. The first-order valence-electron chi connectivity index (χ1n) is 8.84. The summed E-state index contributed by atoms with van der Waals surface area (Å²) in [5.41, 5.74) is 1.78. The first-order valence-corrected chi connectivity index (χ1v) is 8.84. The van der Waals surface area contributed by atoms with E-state index in [1.807, 2.05) is 0 Å². The van der Waals surface area contributed by atoms with E-state index in [1.165, 1.54) is 64.2 Å². The van der Waals surface area contributed by atoms with Gasteiger partial charge in [-0.25, -0.2) is 0 Å². The van der Waals surface area contributed by atoms with Crippen LogP contribution >= 0.6 is 0 Å². The topological polar surface area (TPSA) is 12.0 Å². The van der Waals surface area contributed by atoms with Gasteiger partial charge in [-0.15, -0.1) is 0 Å². The number of hydrogen-bond acceptors (Lipinski definition) is 1. The minimum atomic E-state index is 0.733. The molecule has 3 unspecified atom stereocenters. The predicted molar refractivity (Wildman–Crippen MR) is 82.2 cm³/mol. The van der Waals surface area contributed by atoms with E-state index >= 15 is 0 Å². The van der Waals surface area contributed by atoms with Crippen molar-refractivity contribution < 1.29 is 0 Å². The van der Waals surface area contributed by atoms with Crippen molar-refractivity contribution in [1.29, 1.82) is 0 Å². The molecule has 108 valence electrons. The molecule has 0 aromatic rings. The number of fused-ring (bicyclic) bond motifs is 1. The fourth-order valence-corrected chi connectivity index (χ4v) is 4.78. The molecular weight excluding hydrogens is 230 g/mol. The van der Waals surface area contributed by atoms with Gasteiger partial charge in [0.2, 0.25) is 0 Å². The van der Waals surface area contributed by atoms with Gasteiger partial charge in [-0.3, -0.25) is 0 Å². The molecule has 19 heavy (non-hydrogen) atoms. The number of allylic oxidation sites excluding steroid dienone is 1. The van der Waals surface area contributed by atoms with Crippen LogP contribution in [-0.4, -0.2) is 12.6 Å². The van der Waals surface area contributed by atoms with E-state index in [0.29, 0.717) is 0 Å². The highest BCUT2D eigenvalue weighted by Gasteiger charge is 2.54. The van der Waals surface area contributed by atoms with Gasteiger partial charge in [0.1, 0.15) is 0 Å². The lowest BCUT2D eigenvalue weighted by Crippen LogP contribution is -2.34. The van der Waals surface area contributed by atoms with Crippen molar-refractivity contribution in [3.63, 3.8) is 0 Å². The van der Waals surface area contributed by atoms with Crippen LogP contribution in [0, 0.1) is 17.8 Å². The Morgan fingerprint density at radius 1 is 1.05 bits per heavy atom. The maximum atomic E-state index is 3.85. The Morgan fingerprint density at radius 2 is 1.79 bits per heavy atom. The molecule has 0 aliphatic heterocycles. The molecule has 3 atom stereocenters. The molecule has 1 nitrogen and oxygen atoms in total. The average Bonchev–Trinajstić information content (AvgIpc) is 3.10. The van der Waals surface area contributed by atoms with Crippen molar-refractivity contribution in [3.05, 3.63) is 11.6 Å². The van der Waals surface area contributed by atoms with Crippen LogP contribution in [-0.2, 0) is 0 Å². The zero-order chi connectivity index (χ0) is 13.1. The summed E-state index contributed by atoms with van der Waals surface area (Å²) in [6.45, 7) is 3.42. The average molecular weight is 261 g/mol. The highest BCUT2D eigenvalue weighted by molar-refractivity contribution is 5.20. The molecule has 0 spiro atoms. The molecule has 0 bridgehead atoms. The number of hydrogen-bond donors (Lipinski definition) is 1. The van der Waals surface area contributed by atoms with Crippen molar-refractivity contribution >= 4 is 0 Å². The number of rotatable bonds is 4. The molecule has 2 fully saturated rings. The third-order valence-electron chi connectivity index (χ3n) is 5.76. The van der Waals surface area contributed by atoms with E-state index in [-0.39, 0.29) is 0 Å². The van der Waals surface area contributed by atoms with Gasteiger partial charge < -0.3 is 5.32 Å². The summed E-state index contributed by atoms with van der Waals surface area (Å²) in [6, 6.07) is 0.733. The number of likely N-dealkylation sites (N-methyl/N-ethyl adjacent to an activating group) is 1. The lowest BCUT2D eigenvalue weighted by atomic mass is 9.91. The molecule has 0 heterocycles. The fraction of sp³-hybridized carbons (Fsp3) is 0.889. The van der Waals surface area contributed by atoms with E-state index in [1.54, 1.807) is 5.57 Å². The van der Waals surface area contributed by atoms with Crippen molar-refractivity contribution in [1.82, 2.24) is 5.32 Å². The van der Waals surface area contributed by atoms with Crippen LogP contribution in [0.25, 0.3) is 0 Å². The van der Waals surface area contributed by atoms with Gasteiger partial charge in [0.25, 0.3) is 0 Å². The van der Waals surface area contributed by atoms with Gasteiger partial charge in [-0.05, 0) is 62.8 Å². The first-order chi connectivity index (χ1) is 9.42. The summed E-state index contributed by atoms with van der Waals surface area (Å²) in [4.78, 5) is 0. The van der Waals surface area contributed by atoms with Crippen LogP contribution in [0.2, 0.25) is 0 Å². The highest BCUT2D eigenvalue weighted by atomic mass is 14.9. The largest absolute Gasteiger partial charge is 0.310 e. The second-order valence-corrected chi connectivity index (χ2v) is 6.96. The molecule has 0 amide bonds. The summed E-state index contributed by atoms with van der Waals surface area (Å²) in [5, 5.41) is 3.85. The van der Waals surface area contributed by atoms with Gasteiger partial charge in [-0.2, -0.15) is 0 Å². The summed E-state index contributed by atoms with van der Waals surface area (Å²) < 4.78 is 0. The van der Waals surface area contributed by atoms with Crippen molar-refractivity contribution in [3.8, 4) is 0 Å². The molecule has 2 saturated carbocycles. The van der Waals surface area contributed by atoms with E-state index in [0.717, 1.165) is 30.3 Å². The van der Waals surface area contributed by atoms with Gasteiger partial charge in [-0.1, -0.05) is 44.3 Å². The van der Waals surface area contributed by atoms with Crippen LogP contribution in [0.15, 0.2) is 11.6 Å². The second-order valence-electron chi connectivity index (χ2n) is 6.96. The molecule has 1 N–H and O–H groups in total. The van der Waals surface area contributed by atoms with Crippen LogP contribution in [0.3, 0.4) is 0 Å². The molecule has 0 aromatic carbocycles. The monoisotopic (exact) mass is 261 g/mol. The Balaban J connectivity index is 1.69. The Hall–Kier alpha value is -0.300. The van der Waals surface area contributed by atoms with Crippen LogP contribution in [0.1, 0.15) is 71.1 Å². The van der Waals surface area contributed by atoms with Crippen LogP contribution < -0.4 is 5.32 Å². The molecule has 3 aliphatic carbocycles. The van der Waals surface area contributed by atoms with Crippen LogP contribution in [0.4, 0.5) is 0 Å². The summed E-state index contributed by atoms with van der Waals surface area (Å²) in [7, 11) is 0. The third-order valence-corrected chi connectivity index (χ3v) is 5.76. The van der Waals surface area contributed by atoms with E-state index in [9.17, 15) is 0 Å². The summed E-state index contributed by atoms with van der Waals surface area (Å²) in [6.07, 6.45) is 17.1. The summed E-state index contributed by atoms with van der Waals surface area (Å²) in [5.74, 6) is 3.14. The van der Waals surface area contributed by atoms with Crippen molar-refractivity contribution in [2.24, 2.45) is 17.8 Å². The van der Waals surface area contributed by atoms with Gasteiger partial charge in [0.05, 0.1) is 0 Å². The van der Waals surface area contributed by atoms with E-state index in [2.05, 4.69) is 18.3 Å². The Morgan fingerprint density at radius 3 is 2.53 bits per heavy atom. The van der Waals surface area contributed by atoms with Gasteiger partial charge in [0.15, 0.2) is 0 Å². The van der Waals surface area contributed by atoms with Gasteiger partial charge >= 0.3 is 0 Å². The minimum Gasteiger partial charge on any atom is -0.310 e. The predicted octanol–water partition coefficient (Wildman–Crippen LogP) is 4.68. The Kier molecular flexibility index (Phi) is 4.63. The number of nitrogens with one attached hydrogen (secondary N) is 1. The van der Waals surface area contributed by atoms with Crippen molar-refractivity contribution in [2.45, 2.75) is 77.2 Å². The second kappa shape index (κ2) is 6.43. The lowest BCUT2D eigenvalue weighted by Gasteiger charge is -2.24. The van der Waals surface area contributed by atoms with E-state index < -0.39 is 0 Å². The quantitative estimate of drug-likeness (QED) is 0.724. The first kappa shape index (κ1) is 13.7. The highest BCUT2D eigenvalue weighted by Crippen LogP contribution is 2.58. The Bertz CT molecular complexity index is 308. The van der Waals surface area contributed by atoms with Gasteiger partial charge in [0, 0.05) is 6.04 Å².